The predicted molar refractivity (Wildman–Crippen MR) is 92.3 cm³/mol. The van der Waals surface area contributed by atoms with Gasteiger partial charge in [0.05, 0.1) is 20.3 Å². The summed E-state index contributed by atoms with van der Waals surface area (Å²) < 4.78 is 11.0. The molecule has 0 radical (unpaired) electrons. The third kappa shape index (κ3) is 2.27. The molecule has 0 saturated carbocycles. The highest BCUT2D eigenvalue weighted by Gasteiger charge is 2.38. The number of methoxy groups -OCH3 is 2. The fourth-order valence-electron chi connectivity index (χ4n) is 3.93. The highest BCUT2D eigenvalue weighted by atomic mass is 16.5. The summed E-state index contributed by atoms with van der Waals surface area (Å²) in [5.74, 6) is 2.80. The van der Waals surface area contributed by atoms with Gasteiger partial charge in [0.1, 0.15) is 11.5 Å². The van der Waals surface area contributed by atoms with Crippen LogP contribution in [-0.2, 0) is 0 Å². The fraction of sp³-hybridized carbons (Fsp3) is 0.300. The number of para-hydroxylation sites is 1. The van der Waals surface area contributed by atoms with Crippen molar-refractivity contribution in [3.05, 3.63) is 65.7 Å². The summed E-state index contributed by atoms with van der Waals surface area (Å²) in [6.07, 6.45) is 5.72. The maximum absolute atomic E-state index is 5.59. The van der Waals surface area contributed by atoms with Crippen molar-refractivity contribution in [3.8, 4) is 11.5 Å². The van der Waals surface area contributed by atoms with Crippen LogP contribution in [0.5, 0.6) is 11.5 Å². The number of fused-ring (bicyclic) bond motifs is 3. The summed E-state index contributed by atoms with van der Waals surface area (Å²) >= 11 is 0. The lowest BCUT2D eigenvalue weighted by molar-refractivity contribution is 0.379. The van der Waals surface area contributed by atoms with E-state index in [2.05, 4.69) is 41.7 Å². The van der Waals surface area contributed by atoms with Gasteiger partial charge in [0, 0.05) is 17.2 Å². The van der Waals surface area contributed by atoms with Crippen LogP contribution in [0.2, 0.25) is 0 Å². The molecular weight excluding hydrogens is 286 g/mol. The zero-order valence-electron chi connectivity index (χ0n) is 13.5. The van der Waals surface area contributed by atoms with Gasteiger partial charge in [-0.3, -0.25) is 0 Å². The zero-order chi connectivity index (χ0) is 15.8. The molecule has 1 aliphatic carbocycles. The molecule has 3 nitrogen and oxygen atoms in total. The van der Waals surface area contributed by atoms with E-state index in [1.807, 2.05) is 18.2 Å². The van der Waals surface area contributed by atoms with Crippen molar-refractivity contribution in [1.29, 1.82) is 0 Å². The lowest BCUT2D eigenvalue weighted by atomic mass is 9.77. The minimum absolute atomic E-state index is 0.257. The Bertz CT molecular complexity index is 753. The zero-order valence-corrected chi connectivity index (χ0v) is 13.5. The molecule has 1 heterocycles. The summed E-state index contributed by atoms with van der Waals surface area (Å²) in [5, 5.41) is 3.74. The van der Waals surface area contributed by atoms with E-state index in [1.54, 1.807) is 14.2 Å². The van der Waals surface area contributed by atoms with Gasteiger partial charge in [0.15, 0.2) is 0 Å². The van der Waals surface area contributed by atoms with Crippen LogP contribution in [0.4, 0.5) is 5.69 Å². The molecule has 2 aromatic rings. The first-order chi connectivity index (χ1) is 11.3. The van der Waals surface area contributed by atoms with Crippen LogP contribution in [0.1, 0.15) is 29.5 Å². The highest BCUT2D eigenvalue weighted by Crippen LogP contribution is 2.51. The Morgan fingerprint density at radius 2 is 1.87 bits per heavy atom. The molecule has 2 aromatic carbocycles. The van der Waals surface area contributed by atoms with Crippen LogP contribution in [0, 0.1) is 5.92 Å². The average molecular weight is 307 g/mol. The summed E-state index contributed by atoms with van der Waals surface area (Å²) in [6.45, 7) is 0. The first-order valence-corrected chi connectivity index (χ1v) is 8.06. The molecule has 0 saturated heterocycles. The monoisotopic (exact) mass is 307 g/mol. The SMILES string of the molecule is COc1ccc2c(c1)C1C=CCC1C(c1ccccc1OC)N2. The average Bonchev–Trinajstić information content (AvgIpc) is 3.10. The van der Waals surface area contributed by atoms with E-state index in [-0.39, 0.29) is 6.04 Å². The number of hydrogen-bond donors (Lipinski definition) is 1. The second-order valence-corrected chi connectivity index (χ2v) is 6.17. The van der Waals surface area contributed by atoms with Gasteiger partial charge < -0.3 is 14.8 Å². The van der Waals surface area contributed by atoms with Crippen LogP contribution < -0.4 is 14.8 Å². The molecule has 3 heteroatoms. The number of benzene rings is 2. The van der Waals surface area contributed by atoms with E-state index in [0.29, 0.717) is 11.8 Å². The van der Waals surface area contributed by atoms with Gasteiger partial charge in [-0.05, 0) is 42.2 Å². The largest absolute Gasteiger partial charge is 0.497 e. The van der Waals surface area contributed by atoms with Gasteiger partial charge in [-0.25, -0.2) is 0 Å². The number of hydrogen-bond acceptors (Lipinski definition) is 3. The molecular formula is C20H21NO2. The summed E-state index contributed by atoms with van der Waals surface area (Å²) in [4.78, 5) is 0. The normalized spacial score (nSPS) is 24.5. The summed E-state index contributed by atoms with van der Waals surface area (Å²) in [7, 11) is 3.46. The van der Waals surface area contributed by atoms with Crippen molar-refractivity contribution in [3.63, 3.8) is 0 Å². The van der Waals surface area contributed by atoms with Gasteiger partial charge in [0.2, 0.25) is 0 Å². The van der Waals surface area contributed by atoms with Gasteiger partial charge in [-0.1, -0.05) is 30.4 Å². The van der Waals surface area contributed by atoms with Crippen molar-refractivity contribution < 1.29 is 9.47 Å². The summed E-state index contributed by atoms with van der Waals surface area (Å²) in [6, 6.07) is 14.9. The van der Waals surface area contributed by atoms with Gasteiger partial charge >= 0.3 is 0 Å². The third-order valence-corrected chi connectivity index (χ3v) is 5.04. The lowest BCUT2D eigenvalue weighted by Gasteiger charge is -2.38. The first-order valence-electron chi connectivity index (χ1n) is 8.06. The molecule has 0 aromatic heterocycles. The van der Waals surface area contributed by atoms with Gasteiger partial charge in [-0.15, -0.1) is 0 Å². The molecule has 0 bridgehead atoms. The Hall–Kier alpha value is -2.42. The molecule has 4 rings (SSSR count). The highest BCUT2D eigenvalue weighted by molar-refractivity contribution is 5.62. The topological polar surface area (TPSA) is 30.5 Å². The molecule has 1 N–H and O–H groups in total. The molecule has 0 spiro atoms. The van der Waals surface area contributed by atoms with E-state index < -0.39 is 0 Å². The predicted octanol–water partition coefficient (Wildman–Crippen LogP) is 4.53. The second-order valence-electron chi connectivity index (χ2n) is 6.17. The molecule has 23 heavy (non-hydrogen) atoms. The van der Waals surface area contributed by atoms with E-state index in [4.69, 9.17) is 9.47 Å². The quantitative estimate of drug-likeness (QED) is 0.845. The molecule has 2 aliphatic rings. The van der Waals surface area contributed by atoms with Crippen LogP contribution in [0.25, 0.3) is 0 Å². The first kappa shape index (κ1) is 14.2. The number of allylic oxidation sites excluding steroid dienone is 2. The molecule has 118 valence electrons. The molecule has 3 atom stereocenters. The van der Waals surface area contributed by atoms with Crippen LogP contribution in [0.3, 0.4) is 0 Å². The Labute approximate surface area is 136 Å². The minimum Gasteiger partial charge on any atom is -0.497 e. The maximum Gasteiger partial charge on any atom is 0.124 e. The van der Waals surface area contributed by atoms with E-state index in [1.165, 1.54) is 16.8 Å². The number of anilines is 1. The van der Waals surface area contributed by atoms with E-state index in [9.17, 15) is 0 Å². The number of ether oxygens (including phenoxy) is 2. The molecule has 3 unspecified atom stereocenters. The van der Waals surface area contributed by atoms with Crippen LogP contribution >= 0.6 is 0 Å². The number of rotatable bonds is 3. The van der Waals surface area contributed by atoms with Gasteiger partial charge in [-0.2, -0.15) is 0 Å². The van der Waals surface area contributed by atoms with E-state index in [0.717, 1.165) is 17.9 Å². The fourth-order valence-corrected chi connectivity index (χ4v) is 3.93. The van der Waals surface area contributed by atoms with Crippen LogP contribution in [0.15, 0.2) is 54.6 Å². The minimum atomic E-state index is 0.257. The van der Waals surface area contributed by atoms with Crippen molar-refractivity contribution in [2.24, 2.45) is 5.92 Å². The number of nitrogens with one attached hydrogen (secondary N) is 1. The van der Waals surface area contributed by atoms with E-state index >= 15 is 0 Å². The van der Waals surface area contributed by atoms with Gasteiger partial charge in [0.25, 0.3) is 0 Å². The Balaban J connectivity index is 1.79. The van der Waals surface area contributed by atoms with Crippen molar-refractivity contribution in [1.82, 2.24) is 0 Å². The third-order valence-electron chi connectivity index (χ3n) is 5.04. The molecule has 1 aliphatic heterocycles. The maximum atomic E-state index is 5.59. The van der Waals surface area contributed by atoms with Crippen LogP contribution in [-0.4, -0.2) is 14.2 Å². The molecule has 0 amide bonds. The molecule has 0 fully saturated rings. The lowest BCUT2D eigenvalue weighted by Crippen LogP contribution is -2.29. The standard InChI is InChI=1S/C20H21NO2/c1-22-13-10-11-18-17(12-13)14-7-5-8-15(14)20(21-18)16-6-3-4-9-19(16)23-2/h3-7,9-12,14-15,20-21H,8H2,1-2H3. The second kappa shape index (κ2) is 5.65. The Morgan fingerprint density at radius 3 is 2.70 bits per heavy atom. The van der Waals surface area contributed by atoms with Crippen molar-refractivity contribution >= 4 is 5.69 Å². The van der Waals surface area contributed by atoms with Crippen molar-refractivity contribution in [2.45, 2.75) is 18.4 Å². The Morgan fingerprint density at radius 1 is 1.00 bits per heavy atom. The van der Waals surface area contributed by atoms with Crippen molar-refractivity contribution in [2.75, 3.05) is 19.5 Å². The Kier molecular flexibility index (Phi) is 3.49. The summed E-state index contributed by atoms with van der Waals surface area (Å²) in [5.41, 5.74) is 3.75. The smallest absolute Gasteiger partial charge is 0.124 e.